The number of aryl methyl sites for hydroxylation is 2. The fourth-order valence-electron chi connectivity index (χ4n) is 6.77. The maximum absolute atomic E-state index is 13.3. The summed E-state index contributed by atoms with van der Waals surface area (Å²) < 4.78 is 0. The van der Waals surface area contributed by atoms with E-state index in [0.717, 1.165) is 65.1 Å². The zero-order valence-corrected chi connectivity index (χ0v) is 17.8. The van der Waals surface area contributed by atoms with E-state index in [1.165, 1.54) is 30.4 Å². The van der Waals surface area contributed by atoms with E-state index < -0.39 is 0 Å². The number of imidazole rings is 1. The van der Waals surface area contributed by atoms with Crippen molar-refractivity contribution in [3.05, 3.63) is 47.5 Å². The van der Waals surface area contributed by atoms with Crippen molar-refractivity contribution >= 4 is 22.6 Å². The van der Waals surface area contributed by atoms with Gasteiger partial charge in [0.05, 0.1) is 16.4 Å². The highest BCUT2D eigenvalue weighted by atomic mass is 16.2. The average molecular weight is 400 g/mol. The van der Waals surface area contributed by atoms with Crippen LogP contribution in [-0.4, -0.2) is 15.9 Å². The lowest BCUT2D eigenvalue weighted by molar-refractivity contribution is -0.140. The molecule has 3 aromatic rings. The molecule has 2 N–H and O–H groups in total. The molecular weight excluding hydrogens is 370 g/mol. The lowest BCUT2D eigenvalue weighted by Crippen LogP contribution is -2.51. The van der Waals surface area contributed by atoms with Gasteiger partial charge in [-0.05, 0) is 118 Å². The summed E-state index contributed by atoms with van der Waals surface area (Å²) in [6.45, 7) is 4.24. The van der Waals surface area contributed by atoms with Gasteiger partial charge in [0.25, 0.3) is 0 Å². The predicted molar refractivity (Wildman–Crippen MR) is 120 cm³/mol. The number of carbonyl (C=O) groups excluding carboxylic acids is 1. The van der Waals surface area contributed by atoms with Gasteiger partial charge in [0.2, 0.25) is 5.91 Å². The Labute approximate surface area is 177 Å². The van der Waals surface area contributed by atoms with Gasteiger partial charge in [-0.3, -0.25) is 4.79 Å². The first-order valence-corrected chi connectivity index (χ1v) is 11.4. The molecule has 4 fully saturated rings. The zero-order valence-electron chi connectivity index (χ0n) is 17.8. The smallest absolute Gasteiger partial charge is 0.230 e. The van der Waals surface area contributed by atoms with E-state index in [1.807, 2.05) is 24.3 Å². The van der Waals surface area contributed by atoms with Crippen LogP contribution in [0.2, 0.25) is 0 Å². The molecule has 4 saturated carbocycles. The Bertz CT molecular complexity index is 1070. The van der Waals surface area contributed by atoms with Gasteiger partial charge < -0.3 is 10.3 Å². The van der Waals surface area contributed by atoms with E-state index in [-0.39, 0.29) is 11.3 Å². The largest absolute Gasteiger partial charge is 0.338 e. The molecule has 4 heteroatoms. The van der Waals surface area contributed by atoms with Crippen LogP contribution in [0.25, 0.3) is 22.4 Å². The fourth-order valence-corrected chi connectivity index (χ4v) is 6.77. The summed E-state index contributed by atoms with van der Waals surface area (Å²) in [4.78, 5) is 21.5. The summed E-state index contributed by atoms with van der Waals surface area (Å²) in [5.41, 5.74) is 6.39. The summed E-state index contributed by atoms with van der Waals surface area (Å²) >= 11 is 0. The number of fused-ring (bicyclic) bond motifs is 1. The normalized spacial score (nSPS) is 29.5. The first-order chi connectivity index (χ1) is 14.5. The van der Waals surface area contributed by atoms with E-state index in [9.17, 15) is 4.79 Å². The molecule has 1 aromatic heterocycles. The summed E-state index contributed by atoms with van der Waals surface area (Å²) in [6, 6.07) is 12.4. The van der Waals surface area contributed by atoms with Crippen molar-refractivity contribution in [2.24, 2.45) is 23.2 Å². The monoisotopic (exact) mass is 399 g/mol. The number of hydrogen-bond acceptors (Lipinski definition) is 2. The molecular formula is C26H29N3O. The molecule has 2 aromatic carbocycles. The third-order valence-corrected chi connectivity index (χ3v) is 8.03. The summed E-state index contributed by atoms with van der Waals surface area (Å²) in [7, 11) is 0. The molecule has 0 saturated heterocycles. The van der Waals surface area contributed by atoms with Gasteiger partial charge in [-0.1, -0.05) is 0 Å². The molecule has 154 valence electrons. The quantitative estimate of drug-likeness (QED) is 0.567. The zero-order chi connectivity index (χ0) is 20.5. The van der Waals surface area contributed by atoms with Crippen LogP contribution in [-0.2, 0) is 4.79 Å². The minimum absolute atomic E-state index is 0.109. The molecule has 0 atom stereocenters. The van der Waals surface area contributed by atoms with Crippen molar-refractivity contribution < 1.29 is 4.79 Å². The predicted octanol–water partition coefficient (Wildman–Crippen LogP) is 6.00. The van der Waals surface area contributed by atoms with Crippen LogP contribution in [0.15, 0.2) is 36.4 Å². The fraction of sp³-hybridized carbons (Fsp3) is 0.462. The van der Waals surface area contributed by atoms with Crippen LogP contribution < -0.4 is 5.32 Å². The van der Waals surface area contributed by atoms with Gasteiger partial charge in [-0.15, -0.1) is 0 Å². The Morgan fingerprint density at radius 3 is 2.20 bits per heavy atom. The van der Waals surface area contributed by atoms with E-state index in [1.54, 1.807) is 0 Å². The highest BCUT2D eigenvalue weighted by Gasteiger charge is 2.54. The number of aromatic amines is 1. The SMILES string of the molecule is Cc1cc2nc(-c3ccc(NC(=O)C45CC6CC(CC(C6)C4)C5)cc3)[nH]c2cc1C. The standard InChI is InChI=1S/C26H29N3O/c1-15-7-22-23(8-16(15)2)29-24(28-22)20-3-5-21(6-4-20)27-25(30)26-12-17-9-18(13-26)11-19(10-17)14-26/h3-8,17-19H,9-14H2,1-2H3,(H,27,30)(H,28,29). The topological polar surface area (TPSA) is 57.8 Å². The van der Waals surface area contributed by atoms with Crippen molar-refractivity contribution in [3.63, 3.8) is 0 Å². The highest BCUT2D eigenvalue weighted by Crippen LogP contribution is 2.60. The number of nitrogens with zero attached hydrogens (tertiary/aromatic N) is 1. The van der Waals surface area contributed by atoms with Gasteiger partial charge in [0.15, 0.2) is 0 Å². The molecule has 4 aliphatic rings. The van der Waals surface area contributed by atoms with E-state index in [0.29, 0.717) is 0 Å². The van der Waals surface area contributed by atoms with E-state index >= 15 is 0 Å². The van der Waals surface area contributed by atoms with Crippen LogP contribution in [0.3, 0.4) is 0 Å². The lowest BCUT2D eigenvalue weighted by Gasteiger charge is -2.55. The first kappa shape index (κ1) is 18.2. The van der Waals surface area contributed by atoms with Gasteiger partial charge in [0.1, 0.15) is 5.82 Å². The van der Waals surface area contributed by atoms with Gasteiger partial charge in [-0.25, -0.2) is 4.98 Å². The van der Waals surface area contributed by atoms with Crippen LogP contribution in [0, 0.1) is 37.0 Å². The Kier molecular flexibility index (Phi) is 3.90. The number of anilines is 1. The maximum Gasteiger partial charge on any atom is 0.230 e. The number of amides is 1. The Hall–Kier alpha value is -2.62. The summed E-state index contributed by atoms with van der Waals surface area (Å²) in [6.07, 6.45) is 7.37. The summed E-state index contributed by atoms with van der Waals surface area (Å²) in [5, 5.41) is 3.25. The van der Waals surface area contributed by atoms with Crippen molar-refractivity contribution in [1.82, 2.24) is 9.97 Å². The molecule has 7 rings (SSSR count). The van der Waals surface area contributed by atoms with Crippen LogP contribution in [0.5, 0.6) is 0 Å². The molecule has 0 aliphatic heterocycles. The number of aromatic nitrogens is 2. The number of rotatable bonds is 3. The molecule has 0 radical (unpaired) electrons. The van der Waals surface area contributed by atoms with Crippen molar-refractivity contribution in [1.29, 1.82) is 0 Å². The number of carbonyl (C=O) groups is 1. The molecule has 0 unspecified atom stereocenters. The number of nitrogens with one attached hydrogen (secondary N) is 2. The Balaban J connectivity index is 1.22. The average Bonchev–Trinajstić information content (AvgIpc) is 3.10. The van der Waals surface area contributed by atoms with Crippen LogP contribution in [0.1, 0.15) is 49.7 Å². The second-order valence-electron chi connectivity index (χ2n) is 10.3. The van der Waals surface area contributed by atoms with E-state index in [4.69, 9.17) is 4.98 Å². The highest BCUT2D eigenvalue weighted by molar-refractivity contribution is 5.96. The number of benzene rings is 2. The van der Waals surface area contributed by atoms with Crippen molar-refractivity contribution in [2.75, 3.05) is 5.32 Å². The molecule has 4 aliphatic carbocycles. The van der Waals surface area contributed by atoms with Crippen molar-refractivity contribution in [3.8, 4) is 11.4 Å². The second-order valence-corrected chi connectivity index (χ2v) is 10.3. The number of H-pyrrole nitrogens is 1. The third-order valence-electron chi connectivity index (χ3n) is 8.03. The van der Waals surface area contributed by atoms with Gasteiger partial charge in [-0.2, -0.15) is 0 Å². The van der Waals surface area contributed by atoms with E-state index in [2.05, 4.69) is 36.3 Å². The molecule has 1 heterocycles. The van der Waals surface area contributed by atoms with Crippen molar-refractivity contribution in [2.45, 2.75) is 52.4 Å². The minimum atomic E-state index is -0.109. The van der Waals surface area contributed by atoms with Crippen LogP contribution >= 0.6 is 0 Å². The Morgan fingerprint density at radius 1 is 0.967 bits per heavy atom. The molecule has 0 spiro atoms. The Morgan fingerprint density at radius 2 is 1.57 bits per heavy atom. The second kappa shape index (κ2) is 6.44. The molecule has 1 amide bonds. The third kappa shape index (κ3) is 2.88. The molecule has 4 bridgehead atoms. The molecule has 4 nitrogen and oxygen atoms in total. The first-order valence-electron chi connectivity index (χ1n) is 11.4. The number of hydrogen-bond donors (Lipinski definition) is 2. The van der Waals surface area contributed by atoms with Gasteiger partial charge in [0, 0.05) is 11.3 Å². The van der Waals surface area contributed by atoms with Crippen LogP contribution in [0.4, 0.5) is 5.69 Å². The molecule has 30 heavy (non-hydrogen) atoms. The lowest BCUT2D eigenvalue weighted by atomic mass is 9.49. The minimum Gasteiger partial charge on any atom is -0.338 e. The summed E-state index contributed by atoms with van der Waals surface area (Å²) in [5.74, 6) is 3.47. The van der Waals surface area contributed by atoms with Gasteiger partial charge >= 0.3 is 0 Å². The maximum atomic E-state index is 13.3.